The Hall–Kier alpha value is -3.16. The minimum atomic E-state index is -0.446. The highest BCUT2D eigenvalue weighted by Crippen LogP contribution is 2.26. The number of ether oxygens (including phenoxy) is 1. The van der Waals surface area contributed by atoms with Gasteiger partial charge in [0.05, 0.1) is 12.7 Å². The average Bonchev–Trinajstić information content (AvgIpc) is 3.26. The van der Waals surface area contributed by atoms with Crippen LogP contribution < -0.4 is 10.1 Å². The van der Waals surface area contributed by atoms with E-state index in [1.165, 1.54) is 11.3 Å². The number of benzene rings is 2. The number of hydrogen-bond donors (Lipinski definition) is 1. The Labute approximate surface area is 192 Å². The number of carbonyl (C=O) groups excluding carboxylic acids is 2. The summed E-state index contributed by atoms with van der Waals surface area (Å²) in [6, 6.07) is 18.6. The summed E-state index contributed by atoms with van der Waals surface area (Å²) in [7, 11) is 1.61. The van der Waals surface area contributed by atoms with E-state index in [-0.39, 0.29) is 11.8 Å². The largest absolute Gasteiger partial charge is 0.497 e. The van der Waals surface area contributed by atoms with Crippen molar-refractivity contribution >= 4 is 28.8 Å². The fraction of sp³-hybridized carbons (Fsp3) is 0.280. The lowest BCUT2D eigenvalue weighted by Gasteiger charge is -2.30. The molecular weight excluding hydrogens is 422 g/mol. The van der Waals surface area contributed by atoms with E-state index in [0.717, 1.165) is 24.1 Å². The van der Waals surface area contributed by atoms with Crippen molar-refractivity contribution in [2.24, 2.45) is 0 Å². The van der Waals surface area contributed by atoms with E-state index in [1.54, 1.807) is 7.11 Å². The molecule has 6 nitrogen and oxygen atoms in total. The summed E-state index contributed by atoms with van der Waals surface area (Å²) < 4.78 is 5.28. The maximum Gasteiger partial charge on any atom is 0.254 e. The first-order chi connectivity index (χ1) is 15.7. The van der Waals surface area contributed by atoms with Crippen LogP contribution in [0, 0.1) is 0 Å². The van der Waals surface area contributed by atoms with Crippen LogP contribution in [0.3, 0.4) is 0 Å². The Morgan fingerprint density at radius 1 is 1.00 bits per heavy atom. The van der Waals surface area contributed by atoms with Crippen molar-refractivity contribution < 1.29 is 14.3 Å². The molecule has 1 atom stereocenters. The molecule has 166 valence electrons. The van der Waals surface area contributed by atoms with Gasteiger partial charge in [0, 0.05) is 43.3 Å². The zero-order chi connectivity index (χ0) is 22.3. The first kappa shape index (κ1) is 22.0. The second-order valence-electron chi connectivity index (χ2n) is 7.73. The van der Waals surface area contributed by atoms with Gasteiger partial charge in [0.25, 0.3) is 5.91 Å². The van der Waals surface area contributed by atoms with Gasteiger partial charge in [-0.2, -0.15) is 11.3 Å². The second kappa shape index (κ2) is 10.4. The Bertz CT molecular complexity index is 1040. The van der Waals surface area contributed by atoms with Crippen LogP contribution in [0.5, 0.6) is 5.75 Å². The predicted octanol–water partition coefficient (Wildman–Crippen LogP) is 4.28. The molecule has 1 unspecified atom stereocenters. The van der Waals surface area contributed by atoms with Gasteiger partial charge in [0.1, 0.15) is 11.8 Å². The lowest BCUT2D eigenvalue weighted by molar-refractivity contribution is -0.121. The smallest absolute Gasteiger partial charge is 0.254 e. The first-order valence-corrected chi connectivity index (χ1v) is 11.7. The third-order valence-corrected chi connectivity index (χ3v) is 6.34. The van der Waals surface area contributed by atoms with Gasteiger partial charge >= 0.3 is 0 Å². The van der Waals surface area contributed by atoms with Crippen LogP contribution in [0.15, 0.2) is 71.4 Å². The van der Waals surface area contributed by atoms with E-state index in [9.17, 15) is 9.59 Å². The fourth-order valence-electron chi connectivity index (χ4n) is 4.04. The van der Waals surface area contributed by atoms with Crippen molar-refractivity contribution in [3.63, 3.8) is 0 Å². The molecule has 1 aliphatic heterocycles. The van der Waals surface area contributed by atoms with E-state index >= 15 is 0 Å². The molecule has 32 heavy (non-hydrogen) atoms. The summed E-state index contributed by atoms with van der Waals surface area (Å²) >= 11 is 1.53. The molecule has 0 radical (unpaired) electrons. The SMILES string of the molecule is COc1cccc(NC(=O)C(c2ccccc2)N2CCCN(C(=O)c3ccsc3)CC2)c1. The number of anilines is 1. The number of rotatable bonds is 6. The molecule has 4 rings (SSSR count). The molecule has 0 saturated carbocycles. The lowest BCUT2D eigenvalue weighted by Crippen LogP contribution is -2.40. The number of nitrogens with one attached hydrogen (secondary N) is 1. The van der Waals surface area contributed by atoms with Crippen LogP contribution in [0.4, 0.5) is 5.69 Å². The summed E-state index contributed by atoms with van der Waals surface area (Å²) in [5.41, 5.74) is 2.36. The van der Waals surface area contributed by atoms with Crippen molar-refractivity contribution in [2.75, 3.05) is 38.6 Å². The third-order valence-electron chi connectivity index (χ3n) is 5.65. The highest BCUT2D eigenvalue weighted by Gasteiger charge is 2.30. The molecule has 0 spiro atoms. The summed E-state index contributed by atoms with van der Waals surface area (Å²) in [6.07, 6.45) is 0.811. The van der Waals surface area contributed by atoms with Crippen molar-refractivity contribution in [3.8, 4) is 5.75 Å². The molecule has 0 aliphatic carbocycles. The van der Waals surface area contributed by atoms with Crippen LogP contribution in [-0.4, -0.2) is 54.9 Å². The normalized spacial score (nSPS) is 15.6. The second-order valence-corrected chi connectivity index (χ2v) is 8.51. The van der Waals surface area contributed by atoms with Crippen LogP contribution in [-0.2, 0) is 4.79 Å². The van der Waals surface area contributed by atoms with Gasteiger partial charge in [-0.3, -0.25) is 14.5 Å². The van der Waals surface area contributed by atoms with Gasteiger partial charge in [-0.1, -0.05) is 36.4 Å². The van der Waals surface area contributed by atoms with Crippen molar-refractivity contribution in [1.29, 1.82) is 0 Å². The standard InChI is InChI=1S/C25H27N3O3S/c1-31-22-10-5-9-21(17-22)26-24(29)23(19-7-3-2-4-8-19)27-12-6-13-28(15-14-27)25(30)20-11-16-32-18-20/h2-5,7-11,16-18,23H,6,12-15H2,1H3,(H,26,29). The maximum absolute atomic E-state index is 13.5. The third kappa shape index (κ3) is 5.18. The van der Waals surface area contributed by atoms with Crippen LogP contribution in [0.2, 0.25) is 0 Å². The van der Waals surface area contributed by atoms with E-state index < -0.39 is 6.04 Å². The number of methoxy groups -OCH3 is 1. The highest BCUT2D eigenvalue weighted by molar-refractivity contribution is 7.08. The number of amides is 2. The van der Waals surface area contributed by atoms with Gasteiger partial charge in [0.2, 0.25) is 5.91 Å². The van der Waals surface area contributed by atoms with E-state index in [0.29, 0.717) is 31.1 Å². The molecule has 1 N–H and O–H groups in total. The fourth-order valence-corrected chi connectivity index (χ4v) is 4.67. The Morgan fingerprint density at radius 2 is 1.84 bits per heavy atom. The number of carbonyl (C=O) groups is 2. The molecule has 1 aliphatic rings. The Balaban J connectivity index is 1.52. The minimum Gasteiger partial charge on any atom is -0.497 e. The van der Waals surface area contributed by atoms with Crippen LogP contribution in [0.1, 0.15) is 28.4 Å². The van der Waals surface area contributed by atoms with Crippen molar-refractivity contribution in [1.82, 2.24) is 9.80 Å². The maximum atomic E-state index is 13.5. The molecule has 2 amide bonds. The summed E-state index contributed by atoms with van der Waals surface area (Å²) in [5.74, 6) is 0.656. The minimum absolute atomic E-state index is 0.0604. The number of hydrogen-bond acceptors (Lipinski definition) is 5. The first-order valence-electron chi connectivity index (χ1n) is 10.7. The monoisotopic (exact) mass is 449 g/mol. The van der Waals surface area contributed by atoms with Crippen molar-refractivity contribution in [3.05, 3.63) is 82.6 Å². The Kier molecular flexibility index (Phi) is 7.19. The van der Waals surface area contributed by atoms with Gasteiger partial charge in [-0.25, -0.2) is 0 Å². The van der Waals surface area contributed by atoms with E-state index in [2.05, 4.69) is 10.2 Å². The van der Waals surface area contributed by atoms with Crippen LogP contribution >= 0.6 is 11.3 Å². The predicted molar refractivity (Wildman–Crippen MR) is 127 cm³/mol. The molecule has 0 bridgehead atoms. The molecule has 7 heteroatoms. The van der Waals surface area contributed by atoms with Gasteiger partial charge < -0.3 is 15.0 Å². The number of nitrogens with zero attached hydrogens (tertiary/aromatic N) is 2. The molecule has 1 fully saturated rings. The topological polar surface area (TPSA) is 61.9 Å². The van der Waals surface area contributed by atoms with Gasteiger partial charge in [0.15, 0.2) is 0 Å². The quantitative estimate of drug-likeness (QED) is 0.610. The van der Waals surface area contributed by atoms with Crippen molar-refractivity contribution in [2.45, 2.75) is 12.5 Å². The van der Waals surface area contributed by atoms with Crippen LogP contribution in [0.25, 0.3) is 0 Å². The average molecular weight is 450 g/mol. The van der Waals surface area contributed by atoms with E-state index in [1.807, 2.05) is 76.3 Å². The molecule has 3 aromatic rings. The zero-order valence-corrected chi connectivity index (χ0v) is 18.9. The van der Waals surface area contributed by atoms with E-state index in [4.69, 9.17) is 4.74 Å². The molecule has 1 aromatic heterocycles. The molecule has 2 aromatic carbocycles. The van der Waals surface area contributed by atoms with Gasteiger partial charge in [-0.15, -0.1) is 0 Å². The lowest BCUT2D eigenvalue weighted by atomic mass is 10.0. The highest BCUT2D eigenvalue weighted by atomic mass is 32.1. The molecule has 1 saturated heterocycles. The summed E-state index contributed by atoms with van der Waals surface area (Å²) in [6.45, 7) is 2.63. The zero-order valence-electron chi connectivity index (χ0n) is 18.1. The molecular formula is C25H27N3O3S. The molecule has 2 heterocycles. The van der Waals surface area contributed by atoms with Gasteiger partial charge in [-0.05, 0) is 35.6 Å². The summed E-state index contributed by atoms with van der Waals surface area (Å²) in [4.78, 5) is 30.3. The number of thiophene rings is 1. The summed E-state index contributed by atoms with van der Waals surface area (Å²) in [5, 5.41) is 6.86. The Morgan fingerprint density at radius 3 is 2.59 bits per heavy atom.